The minimum Gasteiger partial charge on any atom is -0.489 e. The third kappa shape index (κ3) is 4.79. The van der Waals surface area contributed by atoms with Crippen molar-refractivity contribution < 1.29 is 9.53 Å². The van der Waals surface area contributed by atoms with Crippen molar-refractivity contribution in [3.05, 3.63) is 99.9 Å². The summed E-state index contributed by atoms with van der Waals surface area (Å²) in [5.74, 6) is 0.615. The zero-order chi connectivity index (χ0) is 20.9. The van der Waals surface area contributed by atoms with Crippen LogP contribution in [0.15, 0.2) is 78.9 Å². The highest BCUT2D eigenvalue weighted by Gasteiger charge is 2.18. The summed E-state index contributed by atoms with van der Waals surface area (Å²) in [4.78, 5) is 17.6. The van der Waals surface area contributed by atoms with E-state index in [4.69, 9.17) is 22.1 Å². The predicted octanol–water partition coefficient (Wildman–Crippen LogP) is 5.93. The number of nitrogen functional groups attached to an aromatic ring is 1. The number of ether oxygens (including phenoxy) is 1. The number of nitrogens with two attached hydrogens (primary N) is 1. The Balaban J connectivity index is 1.49. The number of carbonyl (C=O) groups is 1. The summed E-state index contributed by atoms with van der Waals surface area (Å²) in [6.45, 7) is 0.427. The maximum atomic E-state index is 13.0. The molecule has 0 spiro atoms. The second-order valence-electron chi connectivity index (χ2n) is 6.50. The van der Waals surface area contributed by atoms with Crippen LogP contribution < -0.4 is 15.8 Å². The highest BCUT2D eigenvalue weighted by molar-refractivity contribution is 7.18. The van der Waals surface area contributed by atoms with Crippen molar-refractivity contribution in [2.45, 2.75) is 6.61 Å². The monoisotopic (exact) mass is 435 g/mol. The number of rotatable bonds is 7. The van der Waals surface area contributed by atoms with Crippen molar-refractivity contribution in [3.63, 3.8) is 0 Å². The minimum atomic E-state index is -0.195. The van der Waals surface area contributed by atoms with Crippen LogP contribution in [0.3, 0.4) is 0 Å². The molecule has 1 heterocycles. The summed E-state index contributed by atoms with van der Waals surface area (Å²) in [6.07, 6.45) is 0. The lowest BCUT2D eigenvalue weighted by atomic mass is 10.1. The molecule has 4 rings (SSSR count). The van der Waals surface area contributed by atoms with Crippen LogP contribution in [-0.4, -0.2) is 10.8 Å². The van der Waals surface area contributed by atoms with E-state index in [0.717, 1.165) is 11.3 Å². The summed E-state index contributed by atoms with van der Waals surface area (Å²) in [7, 11) is 0. The lowest BCUT2D eigenvalue weighted by Crippen LogP contribution is -2.03. The van der Waals surface area contributed by atoms with E-state index < -0.39 is 0 Å². The molecule has 1 aromatic heterocycles. The van der Waals surface area contributed by atoms with Gasteiger partial charge in [0.2, 0.25) is 5.78 Å². The number of nitrogens with zero attached hydrogens (tertiary/aromatic N) is 1. The Bertz CT molecular complexity index is 1160. The van der Waals surface area contributed by atoms with Crippen LogP contribution in [-0.2, 0) is 6.61 Å². The fraction of sp³-hybridized carbons (Fsp3) is 0.0435. The van der Waals surface area contributed by atoms with Gasteiger partial charge in [0.1, 0.15) is 23.1 Å². The molecule has 0 saturated heterocycles. The molecule has 0 aliphatic heterocycles. The molecular weight excluding hydrogens is 418 g/mol. The first-order chi connectivity index (χ1) is 14.6. The Kier molecular flexibility index (Phi) is 5.97. The minimum absolute atomic E-state index is 0.192. The van der Waals surface area contributed by atoms with E-state index in [0.29, 0.717) is 33.0 Å². The summed E-state index contributed by atoms with van der Waals surface area (Å²) in [5.41, 5.74) is 8.37. The molecule has 0 unspecified atom stereocenters. The average molecular weight is 436 g/mol. The number of thiazole rings is 1. The number of ketones is 1. The quantitative estimate of drug-likeness (QED) is 0.351. The third-order valence-electron chi connectivity index (χ3n) is 4.30. The number of hydrogen-bond donors (Lipinski definition) is 2. The lowest BCUT2D eigenvalue weighted by molar-refractivity contribution is 0.104. The average Bonchev–Trinajstić information content (AvgIpc) is 3.14. The van der Waals surface area contributed by atoms with Crippen molar-refractivity contribution in [3.8, 4) is 5.75 Å². The van der Waals surface area contributed by atoms with Crippen LogP contribution in [0.4, 0.5) is 16.6 Å². The maximum Gasteiger partial charge on any atom is 0.206 e. The molecule has 5 nitrogen and oxygen atoms in total. The van der Waals surface area contributed by atoms with Crippen LogP contribution in [0.25, 0.3) is 0 Å². The fourth-order valence-electron chi connectivity index (χ4n) is 2.80. The van der Waals surface area contributed by atoms with Gasteiger partial charge in [0.15, 0.2) is 5.13 Å². The van der Waals surface area contributed by atoms with E-state index in [1.807, 2.05) is 48.5 Å². The molecule has 0 radical (unpaired) electrons. The SMILES string of the molecule is Nc1nc(Nc2ccc(Cl)cc2)sc1C(=O)c1cccc(OCc2ccccc2)c1. The molecule has 0 atom stereocenters. The lowest BCUT2D eigenvalue weighted by Gasteiger charge is -2.07. The number of aromatic nitrogens is 1. The van der Waals surface area contributed by atoms with Gasteiger partial charge in [-0.1, -0.05) is 65.4 Å². The second kappa shape index (κ2) is 8.98. The number of nitrogens with one attached hydrogen (secondary N) is 1. The van der Waals surface area contributed by atoms with Gasteiger partial charge in [-0.25, -0.2) is 4.98 Å². The number of halogens is 1. The first kappa shape index (κ1) is 19.9. The van der Waals surface area contributed by atoms with Gasteiger partial charge in [-0.05, 0) is 42.0 Å². The molecule has 0 amide bonds. The van der Waals surface area contributed by atoms with Crippen molar-refractivity contribution >= 4 is 45.4 Å². The van der Waals surface area contributed by atoms with Gasteiger partial charge < -0.3 is 15.8 Å². The number of anilines is 3. The molecule has 0 bridgehead atoms. The van der Waals surface area contributed by atoms with Gasteiger partial charge >= 0.3 is 0 Å². The largest absolute Gasteiger partial charge is 0.489 e. The normalized spacial score (nSPS) is 10.6. The predicted molar refractivity (Wildman–Crippen MR) is 122 cm³/mol. The van der Waals surface area contributed by atoms with E-state index in [-0.39, 0.29) is 11.6 Å². The van der Waals surface area contributed by atoms with Gasteiger partial charge in [-0.3, -0.25) is 4.79 Å². The Labute approximate surface area is 183 Å². The molecule has 0 fully saturated rings. The van der Waals surface area contributed by atoms with Crippen molar-refractivity contribution in [2.24, 2.45) is 0 Å². The maximum absolute atomic E-state index is 13.0. The van der Waals surface area contributed by atoms with Gasteiger partial charge in [0.25, 0.3) is 0 Å². The highest BCUT2D eigenvalue weighted by atomic mass is 35.5. The zero-order valence-corrected chi connectivity index (χ0v) is 17.4. The van der Waals surface area contributed by atoms with Gasteiger partial charge in [-0.15, -0.1) is 0 Å². The van der Waals surface area contributed by atoms with E-state index in [1.165, 1.54) is 11.3 Å². The van der Waals surface area contributed by atoms with Gasteiger partial charge in [0, 0.05) is 16.3 Å². The summed E-state index contributed by atoms with van der Waals surface area (Å²) < 4.78 is 5.82. The first-order valence-corrected chi connectivity index (χ1v) is 10.4. The molecule has 4 aromatic rings. The molecule has 0 aliphatic carbocycles. The second-order valence-corrected chi connectivity index (χ2v) is 7.93. The summed E-state index contributed by atoms with van der Waals surface area (Å²) in [6, 6.07) is 24.1. The number of hydrogen-bond acceptors (Lipinski definition) is 6. The van der Waals surface area contributed by atoms with Crippen LogP contribution in [0.2, 0.25) is 5.02 Å². The third-order valence-corrected chi connectivity index (χ3v) is 5.54. The van der Waals surface area contributed by atoms with E-state index in [9.17, 15) is 4.79 Å². The Hall–Kier alpha value is -3.35. The Morgan fingerprint density at radius 1 is 1.03 bits per heavy atom. The highest BCUT2D eigenvalue weighted by Crippen LogP contribution is 2.30. The van der Waals surface area contributed by atoms with Gasteiger partial charge in [-0.2, -0.15) is 0 Å². The molecule has 150 valence electrons. The standard InChI is InChI=1S/C23H18ClN3O2S/c24-17-9-11-18(12-10-17)26-23-27-22(25)21(30-23)20(28)16-7-4-8-19(13-16)29-14-15-5-2-1-3-6-15/h1-13H,14,25H2,(H,26,27). The Morgan fingerprint density at radius 2 is 1.80 bits per heavy atom. The first-order valence-electron chi connectivity index (χ1n) is 9.19. The smallest absolute Gasteiger partial charge is 0.206 e. The van der Waals surface area contributed by atoms with Crippen LogP contribution in [0, 0.1) is 0 Å². The molecule has 3 aromatic carbocycles. The van der Waals surface area contributed by atoms with Crippen LogP contribution in [0.1, 0.15) is 20.8 Å². The summed E-state index contributed by atoms with van der Waals surface area (Å²) in [5, 5.41) is 4.32. The number of benzene rings is 3. The fourth-order valence-corrected chi connectivity index (χ4v) is 3.80. The van der Waals surface area contributed by atoms with Crippen molar-refractivity contribution in [1.82, 2.24) is 4.98 Å². The van der Waals surface area contributed by atoms with Crippen LogP contribution in [0.5, 0.6) is 5.75 Å². The molecular formula is C23H18ClN3O2S. The Morgan fingerprint density at radius 3 is 2.57 bits per heavy atom. The zero-order valence-electron chi connectivity index (χ0n) is 15.8. The molecule has 0 aliphatic rings. The molecule has 0 saturated carbocycles. The van der Waals surface area contributed by atoms with E-state index in [2.05, 4.69) is 10.3 Å². The van der Waals surface area contributed by atoms with E-state index >= 15 is 0 Å². The van der Waals surface area contributed by atoms with Gasteiger partial charge in [0.05, 0.1) is 0 Å². The van der Waals surface area contributed by atoms with Crippen molar-refractivity contribution in [2.75, 3.05) is 11.1 Å². The molecule has 30 heavy (non-hydrogen) atoms. The van der Waals surface area contributed by atoms with Crippen molar-refractivity contribution in [1.29, 1.82) is 0 Å². The number of carbonyl (C=O) groups excluding carboxylic acids is 1. The van der Waals surface area contributed by atoms with Crippen LogP contribution >= 0.6 is 22.9 Å². The topological polar surface area (TPSA) is 77.2 Å². The molecule has 3 N–H and O–H groups in total. The molecule has 7 heteroatoms. The van der Waals surface area contributed by atoms with E-state index in [1.54, 1.807) is 30.3 Å². The summed E-state index contributed by atoms with van der Waals surface area (Å²) >= 11 is 7.11.